The van der Waals surface area contributed by atoms with Crippen molar-refractivity contribution >= 4 is 0 Å². The molecule has 0 amide bonds. The first-order valence-electron chi connectivity index (χ1n) is 5.00. The molecule has 0 radical (unpaired) electrons. The Morgan fingerprint density at radius 1 is 1.24 bits per heavy atom. The van der Waals surface area contributed by atoms with Crippen molar-refractivity contribution in [2.45, 2.75) is 13.3 Å². The van der Waals surface area contributed by atoms with Gasteiger partial charge >= 0.3 is 0 Å². The van der Waals surface area contributed by atoms with Gasteiger partial charge in [0.25, 0.3) is 11.8 Å². The molecule has 0 bridgehead atoms. The molecule has 0 saturated carbocycles. The van der Waals surface area contributed by atoms with Crippen LogP contribution in [0.3, 0.4) is 0 Å². The van der Waals surface area contributed by atoms with E-state index in [0.717, 1.165) is 0 Å². The van der Waals surface area contributed by atoms with Gasteiger partial charge in [-0.1, -0.05) is 6.92 Å². The maximum atomic E-state index is 13.7. The lowest BCUT2D eigenvalue weighted by molar-refractivity contribution is 0.385. The van der Waals surface area contributed by atoms with Crippen LogP contribution in [0.5, 0.6) is 11.6 Å². The molecular weight excluding hydrogens is 228 g/mol. The smallest absolute Gasteiger partial charge is 0.259 e. The van der Waals surface area contributed by atoms with Crippen LogP contribution in [0.4, 0.5) is 8.78 Å². The number of nitrogens with zero attached hydrogens (tertiary/aromatic N) is 3. The van der Waals surface area contributed by atoms with Crippen molar-refractivity contribution in [3.8, 4) is 11.6 Å². The molecule has 0 fully saturated rings. The third-order valence-corrected chi connectivity index (χ3v) is 2.10. The lowest BCUT2D eigenvalue weighted by Gasteiger charge is -2.06. The van der Waals surface area contributed by atoms with Gasteiger partial charge in [-0.2, -0.15) is 13.8 Å². The highest BCUT2D eigenvalue weighted by molar-refractivity contribution is 5.26. The Morgan fingerprint density at radius 3 is 2.76 bits per heavy atom. The third-order valence-electron chi connectivity index (χ3n) is 2.10. The van der Waals surface area contributed by atoms with Gasteiger partial charge in [0.2, 0.25) is 5.82 Å². The van der Waals surface area contributed by atoms with Gasteiger partial charge in [-0.25, -0.2) is 9.97 Å². The number of ether oxygens (including phenoxy) is 1. The molecule has 4 nitrogen and oxygen atoms in total. The third kappa shape index (κ3) is 2.35. The van der Waals surface area contributed by atoms with Gasteiger partial charge in [0.15, 0.2) is 5.75 Å². The summed E-state index contributed by atoms with van der Waals surface area (Å²) < 4.78 is 31.9. The molecule has 0 N–H and O–H groups in total. The number of aromatic nitrogens is 3. The molecule has 0 aliphatic carbocycles. The molecule has 0 saturated heterocycles. The minimum absolute atomic E-state index is 0.174. The molecule has 0 spiro atoms. The lowest BCUT2D eigenvalue weighted by atomic mass is 10.3. The Labute approximate surface area is 96.3 Å². The summed E-state index contributed by atoms with van der Waals surface area (Å²) in [4.78, 5) is 10.8. The Kier molecular flexibility index (Phi) is 3.22. The topological polar surface area (TPSA) is 47.9 Å². The highest BCUT2D eigenvalue weighted by Gasteiger charge is 2.13. The van der Waals surface area contributed by atoms with Gasteiger partial charge in [-0.05, 0) is 18.6 Å². The maximum absolute atomic E-state index is 13.7. The number of rotatable bonds is 3. The fraction of sp³-hybridized carbons (Fsp3) is 0.182. The first-order chi connectivity index (χ1) is 8.22. The van der Waals surface area contributed by atoms with Crippen LogP contribution in [0, 0.1) is 11.8 Å². The van der Waals surface area contributed by atoms with Crippen LogP contribution in [0.15, 0.2) is 24.7 Å². The second kappa shape index (κ2) is 4.82. The van der Waals surface area contributed by atoms with Crippen LogP contribution >= 0.6 is 0 Å². The van der Waals surface area contributed by atoms with Crippen molar-refractivity contribution in [1.29, 1.82) is 0 Å². The number of hydrogen-bond acceptors (Lipinski definition) is 4. The zero-order chi connectivity index (χ0) is 12.3. The normalized spacial score (nSPS) is 10.3. The van der Waals surface area contributed by atoms with E-state index >= 15 is 0 Å². The fourth-order valence-electron chi connectivity index (χ4n) is 1.26. The Morgan fingerprint density at radius 2 is 2.06 bits per heavy atom. The van der Waals surface area contributed by atoms with Gasteiger partial charge in [0.1, 0.15) is 6.33 Å². The second-order valence-electron chi connectivity index (χ2n) is 3.19. The van der Waals surface area contributed by atoms with Crippen molar-refractivity contribution in [3.63, 3.8) is 0 Å². The molecule has 0 aromatic carbocycles. The average molecular weight is 237 g/mol. The summed E-state index contributed by atoms with van der Waals surface area (Å²) in [5.41, 5.74) is 0.222. The number of halogens is 2. The average Bonchev–Trinajstić information content (AvgIpc) is 2.34. The summed E-state index contributed by atoms with van der Waals surface area (Å²) in [5.74, 6) is -1.97. The van der Waals surface area contributed by atoms with Crippen molar-refractivity contribution in [3.05, 3.63) is 42.1 Å². The zero-order valence-electron chi connectivity index (χ0n) is 9.02. The van der Waals surface area contributed by atoms with Crippen molar-refractivity contribution in [2.24, 2.45) is 0 Å². The van der Waals surface area contributed by atoms with Gasteiger partial charge < -0.3 is 4.74 Å². The number of pyridine rings is 1. The van der Waals surface area contributed by atoms with E-state index in [1.165, 1.54) is 24.7 Å². The van der Waals surface area contributed by atoms with Crippen LogP contribution in [0.2, 0.25) is 0 Å². The van der Waals surface area contributed by atoms with Gasteiger partial charge in [0, 0.05) is 6.20 Å². The van der Waals surface area contributed by atoms with E-state index < -0.39 is 11.8 Å². The predicted octanol–water partition coefficient (Wildman–Crippen LogP) is 2.50. The maximum Gasteiger partial charge on any atom is 0.259 e. The summed E-state index contributed by atoms with van der Waals surface area (Å²) >= 11 is 0. The van der Waals surface area contributed by atoms with E-state index in [1.807, 2.05) is 0 Å². The van der Waals surface area contributed by atoms with E-state index in [2.05, 4.69) is 15.0 Å². The van der Waals surface area contributed by atoms with Crippen molar-refractivity contribution in [1.82, 2.24) is 15.0 Å². The Balaban J connectivity index is 2.34. The van der Waals surface area contributed by atoms with Gasteiger partial charge in [-0.3, -0.25) is 0 Å². The molecular formula is C11H9F2N3O. The van der Waals surface area contributed by atoms with Crippen LogP contribution in [-0.2, 0) is 6.42 Å². The van der Waals surface area contributed by atoms with Crippen molar-refractivity contribution < 1.29 is 13.5 Å². The van der Waals surface area contributed by atoms with Crippen LogP contribution in [0.1, 0.15) is 12.6 Å². The lowest BCUT2D eigenvalue weighted by Crippen LogP contribution is -2.00. The van der Waals surface area contributed by atoms with Gasteiger partial charge in [-0.15, -0.1) is 0 Å². The highest BCUT2D eigenvalue weighted by Crippen LogP contribution is 2.24. The van der Waals surface area contributed by atoms with E-state index in [0.29, 0.717) is 6.42 Å². The standard InChI is InChI=1S/C11H9F2N3O/c1-2-7-9(12)11(16-6-15-7)17-8-4-3-5-14-10(8)13/h3-6H,2H2,1H3. The molecule has 0 unspecified atom stereocenters. The molecule has 88 valence electrons. The molecule has 2 aromatic rings. The van der Waals surface area contributed by atoms with Crippen LogP contribution in [0.25, 0.3) is 0 Å². The Bertz CT molecular complexity index is 534. The van der Waals surface area contributed by atoms with Crippen LogP contribution in [-0.4, -0.2) is 15.0 Å². The first-order valence-corrected chi connectivity index (χ1v) is 5.00. The molecule has 0 aliphatic heterocycles. The second-order valence-corrected chi connectivity index (χ2v) is 3.19. The first kappa shape index (κ1) is 11.4. The molecule has 0 aliphatic rings. The molecule has 6 heteroatoms. The summed E-state index contributed by atoms with van der Waals surface area (Å²) in [5, 5.41) is 0. The molecule has 17 heavy (non-hydrogen) atoms. The largest absolute Gasteiger partial charge is 0.431 e. The highest BCUT2D eigenvalue weighted by atomic mass is 19.1. The monoisotopic (exact) mass is 237 g/mol. The fourth-order valence-corrected chi connectivity index (χ4v) is 1.26. The summed E-state index contributed by atoms with van der Waals surface area (Å²) in [6.07, 6.45) is 2.85. The van der Waals surface area contributed by atoms with E-state index in [-0.39, 0.29) is 17.3 Å². The molecule has 2 heterocycles. The quantitative estimate of drug-likeness (QED) is 0.769. The van der Waals surface area contributed by atoms with Gasteiger partial charge in [0.05, 0.1) is 5.69 Å². The summed E-state index contributed by atoms with van der Waals surface area (Å²) in [6, 6.07) is 2.83. The predicted molar refractivity (Wildman–Crippen MR) is 55.6 cm³/mol. The number of hydrogen-bond donors (Lipinski definition) is 0. The minimum atomic E-state index is -0.816. The van der Waals surface area contributed by atoms with E-state index in [4.69, 9.17) is 4.74 Å². The zero-order valence-corrected chi connectivity index (χ0v) is 9.02. The minimum Gasteiger partial charge on any atom is -0.431 e. The van der Waals surface area contributed by atoms with Crippen LogP contribution < -0.4 is 4.74 Å². The number of aryl methyl sites for hydroxylation is 1. The van der Waals surface area contributed by atoms with E-state index in [1.54, 1.807) is 6.92 Å². The SMILES string of the molecule is CCc1ncnc(Oc2cccnc2F)c1F. The van der Waals surface area contributed by atoms with E-state index in [9.17, 15) is 8.78 Å². The van der Waals surface area contributed by atoms with Crippen molar-refractivity contribution in [2.75, 3.05) is 0 Å². The summed E-state index contributed by atoms with van der Waals surface area (Å²) in [6.45, 7) is 1.75. The Hall–Kier alpha value is -2.11. The summed E-state index contributed by atoms with van der Waals surface area (Å²) in [7, 11) is 0. The molecule has 0 atom stereocenters. The molecule has 2 aromatic heterocycles. The molecule has 2 rings (SSSR count).